The number of alkyl halides is 1. The van der Waals surface area contributed by atoms with E-state index in [1.807, 2.05) is 6.08 Å². The monoisotopic (exact) mass is 669 g/mol. The van der Waals surface area contributed by atoms with Crippen LogP contribution in [0.3, 0.4) is 0 Å². The molecule has 4 fully saturated rings. The van der Waals surface area contributed by atoms with Gasteiger partial charge in [0, 0.05) is 25.3 Å². The van der Waals surface area contributed by atoms with Crippen molar-refractivity contribution in [3.63, 3.8) is 0 Å². The van der Waals surface area contributed by atoms with Crippen molar-refractivity contribution in [1.29, 1.82) is 0 Å². The SMILES string of the molecule is CO[C@H]1O[C@H](C(=O)OC(C(=O)O)[C@H]2CC[C@@H]3[C@H]4CCC5=CC(=O)CC[C@]5(C)[C@@H]4CC[C@]23C)[C@@H](O)[C@H](O)[C@H]1NC(=O)N(CCCl)N=O. The van der Waals surface area contributed by atoms with Gasteiger partial charge < -0.3 is 34.8 Å². The van der Waals surface area contributed by atoms with Gasteiger partial charge >= 0.3 is 18.0 Å². The topological polar surface area (TPSA) is 201 Å². The van der Waals surface area contributed by atoms with E-state index >= 15 is 0 Å². The average molecular weight is 670 g/mol. The maximum Gasteiger partial charge on any atom is 0.345 e. The molecule has 3 saturated carbocycles. The van der Waals surface area contributed by atoms with Gasteiger partial charge in [-0.15, -0.1) is 16.5 Å². The van der Waals surface area contributed by atoms with E-state index in [0.29, 0.717) is 29.7 Å². The van der Waals surface area contributed by atoms with E-state index in [-0.39, 0.29) is 29.5 Å². The van der Waals surface area contributed by atoms with Crippen LogP contribution in [-0.2, 0) is 28.6 Å². The molecule has 1 heterocycles. The lowest BCUT2D eigenvalue weighted by Crippen LogP contribution is -2.66. The molecular weight excluding hydrogens is 626 g/mol. The molecule has 1 aliphatic heterocycles. The minimum absolute atomic E-state index is 0.0361. The molecule has 0 spiro atoms. The van der Waals surface area contributed by atoms with Crippen LogP contribution in [0, 0.1) is 39.4 Å². The van der Waals surface area contributed by atoms with Gasteiger partial charge in [0.15, 0.2) is 18.2 Å². The molecule has 0 radical (unpaired) electrons. The summed E-state index contributed by atoms with van der Waals surface area (Å²) in [5, 5.41) is 37.3. The largest absolute Gasteiger partial charge is 0.478 e. The second-order valence-corrected chi connectivity index (χ2v) is 14.3. The molecule has 0 aromatic rings. The minimum Gasteiger partial charge on any atom is -0.478 e. The first-order valence-corrected chi connectivity index (χ1v) is 16.5. The third kappa shape index (κ3) is 5.95. The first kappa shape index (κ1) is 34.7. The Morgan fingerprint density at radius 2 is 1.87 bits per heavy atom. The van der Waals surface area contributed by atoms with Gasteiger partial charge in [0.1, 0.15) is 18.2 Å². The fourth-order valence-corrected chi connectivity index (χ4v) is 9.64. The summed E-state index contributed by atoms with van der Waals surface area (Å²) in [4.78, 5) is 61.7. The number of carbonyl (C=O) groups is 4. The van der Waals surface area contributed by atoms with E-state index < -0.39 is 66.1 Å². The number of carboxylic acids is 1. The number of aliphatic hydroxyl groups excluding tert-OH is 2. The molecule has 1 saturated heterocycles. The Bertz CT molecular complexity index is 1260. The highest BCUT2D eigenvalue weighted by atomic mass is 35.5. The highest BCUT2D eigenvalue weighted by Crippen LogP contribution is 2.67. The molecule has 0 aromatic heterocycles. The zero-order valence-electron chi connectivity index (χ0n) is 26.3. The van der Waals surface area contributed by atoms with Gasteiger partial charge in [0.25, 0.3) is 0 Å². The lowest BCUT2D eigenvalue weighted by atomic mass is 9.46. The van der Waals surface area contributed by atoms with Crippen LogP contribution in [0.5, 0.6) is 0 Å². The Morgan fingerprint density at radius 1 is 1.13 bits per heavy atom. The van der Waals surface area contributed by atoms with Gasteiger partial charge in [-0.1, -0.05) is 19.4 Å². The Kier molecular flexibility index (Phi) is 10.1. The average Bonchev–Trinajstić information content (AvgIpc) is 3.37. The number of ketones is 1. The lowest BCUT2D eigenvalue weighted by Gasteiger charge is -2.58. The van der Waals surface area contributed by atoms with Crippen LogP contribution in [0.15, 0.2) is 16.9 Å². The maximum absolute atomic E-state index is 13.4. The summed E-state index contributed by atoms with van der Waals surface area (Å²) in [6, 6.07) is -2.47. The number of aliphatic hydroxyl groups is 2. The number of ether oxygens (including phenoxy) is 3. The zero-order chi connectivity index (χ0) is 33.6. The predicted octanol–water partition coefficient (Wildman–Crippen LogP) is 2.52. The Labute approximate surface area is 272 Å². The van der Waals surface area contributed by atoms with Crippen molar-refractivity contribution in [2.45, 2.75) is 102 Å². The van der Waals surface area contributed by atoms with Crippen LogP contribution in [-0.4, -0.2) is 100 Å². The van der Waals surface area contributed by atoms with Crippen molar-refractivity contribution in [1.82, 2.24) is 10.3 Å². The number of nitrogens with one attached hydrogen (secondary N) is 1. The van der Waals surface area contributed by atoms with Crippen LogP contribution in [0.25, 0.3) is 0 Å². The number of carbonyl (C=O) groups excluding carboxylic acids is 3. The molecule has 4 N–H and O–H groups in total. The van der Waals surface area contributed by atoms with Gasteiger partial charge in [0.05, 0.1) is 11.8 Å². The number of urea groups is 1. The molecule has 1 unspecified atom stereocenters. The molecule has 2 amide bonds. The lowest BCUT2D eigenvalue weighted by molar-refractivity contribution is -0.260. The summed E-state index contributed by atoms with van der Waals surface area (Å²) < 4.78 is 16.4. The minimum atomic E-state index is -1.93. The van der Waals surface area contributed by atoms with Crippen LogP contribution in [0.1, 0.15) is 65.2 Å². The summed E-state index contributed by atoms with van der Waals surface area (Å²) in [5.41, 5.74) is 0.799. The van der Waals surface area contributed by atoms with Gasteiger partial charge in [-0.2, -0.15) is 5.01 Å². The molecule has 256 valence electrons. The predicted molar refractivity (Wildman–Crippen MR) is 161 cm³/mol. The number of fused-ring (bicyclic) bond motifs is 5. The summed E-state index contributed by atoms with van der Waals surface area (Å²) in [6.07, 6.45) is -0.553. The highest BCUT2D eigenvalue weighted by molar-refractivity contribution is 6.18. The number of esters is 1. The van der Waals surface area contributed by atoms with E-state index in [9.17, 15) is 39.4 Å². The quantitative estimate of drug-likeness (QED) is 0.122. The van der Waals surface area contributed by atoms with E-state index in [1.54, 1.807) is 0 Å². The number of amides is 2. The number of nitroso groups, excluding NO2 is 1. The number of methoxy groups -OCH3 is 1. The fourth-order valence-electron chi connectivity index (χ4n) is 9.48. The van der Waals surface area contributed by atoms with Crippen LogP contribution >= 0.6 is 11.6 Å². The Morgan fingerprint density at radius 3 is 2.52 bits per heavy atom. The fraction of sp³-hybridized carbons (Fsp3) is 0.806. The smallest absolute Gasteiger partial charge is 0.345 e. The second-order valence-electron chi connectivity index (χ2n) is 13.9. The highest BCUT2D eigenvalue weighted by Gasteiger charge is 2.62. The molecular formula is C31H44ClN3O11. The zero-order valence-corrected chi connectivity index (χ0v) is 27.1. The van der Waals surface area contributed by atoms with Crippen molar-refractivity contribution in [3.05, 3.63) is 16.6 Å². The van der Waals surface area contributed by atoms with Crippen molar-refractivity contribution < 1.29 is 48.7 Å². The molecule has 14 nitrogen and oxygen atoms in total. The number of hydrogen-bond donors (Lipinski definition) is 4. The van der Waals surface area contributed by atoms with Crippen molar-refractivity contribution >= 4 is 35.4 Å². The van der Waals surface area contributed by atoms with Gasteiger partial charge in [-0.25, -0.2) is 14.4 Å². The molecule has 12 atom stereocenters. The van der Waals surface area contributed by atoms with Crippen LogP contribution in [0.4, 0.5) is 4.79 Å². The first-order chi connectivity index (χ1) is 21.8. The van der Waals surface area contributed by atoms with Crippen LogP contribution < -0.4 is 5.32 Å². The molecule has 5 aliphatic rings. The molecule has 4 aliphatic carbocycles. The summed E-state index contributed by atoms with van der Waals surface area (Å²) >= 11 is 5.58. The van der Waals surface area contributed by atoms with Gasteiger partial charge in [0.2, 0.25) is 6.10 Å². The van der Waals surface area contributed by atoms with Crippen molar-refractivity contribution in [2.75, 3.05) is 19.5 Å². The van der Waals surface area contributed by atoms with Gasteiger partial charge in [-0.3, -0.25) is 4.79 Å². The number of carboxylic acid groups (broad SMARTS) is 1. The van der Waals surface area contributed by atoms with Crippen molar-refractivity contribution in [3.8, 4) is 0 Å². The number of nitrogens with zero attached hydrogens (tertiary/aromatic N) is 2. The molecule has 0 aromatic carbocycles. The Hall–Kier alpha value is -2.65. The van der Waals surface area contributed by atoms with E-state index in [2.05, 4.69) is 24.5 Å². The van der Waals surface area contributed by atoms with E-state index in [1.165, 1.54) is 12.7 Å². The third-order valence-electron chi connectivity index (χ3n) is 11.9. The molecule has 0 bridgehead atoms. The Balaban J connectivity index is 1.29. The molecule has 46 heavy (non-hydrogen) atoms. The van der Waals surface area contributed by atoms with Crippen LogP contribution in [0.2, 0.25) is 0 Å². The standard InChI is InChI=1S/C31H44ClN3O11/c1-30-10-8-16(36)14-15(30)4-5-17-18-6-7-20(31(18,2)11-9-19(17)30)24(26(39)40)45-27(41)25-23(38)22(37)21(28(44-3)46-25)33-29(42)35(34-43)13-12-32/h14,17-25,28,37-38H,4-13H2,1-3H3,(H,33,42)(H,39,40)/t17-,18-,19-,20-,21-,22-,23+,24?,25+,28+,30+,31+/m1/s1. The van der Waals surface area contributed by atoms with Crippen molar-refractivity contribution in [2.24, 2.45) is 39.8 Å². The summed E-state index contributed by atoms with van der Waals surface area (Å²) in [5.74, 6) is -1.89. The number of aliphatic carboxylic acids is 1. The number of hydrogen-bond acceptors (Lipinski definition) is 11. The van der Waals surface area contributed by atoms with Gasteiger partial charge in [-0.05, 0) is 79.6 Å². The second kappa shape index (κ2) is 13.5. The maximum atomic E-state index is 13.4. The molecule has 15 heteroatoms. The number of halogens is 1. The van der Waals surface area contributed by atoms with E-state index in [4.69, 9.17) is 25.8 Å². The summed E-state index contributed by atoms with van der Waals surface area (Å²) in [7, 11) is 1.18. The third-order valence-corrected chi connectivity index (χ3v) is 12.0. The number of allylic oxidation sites excluding steroid dienone is 1. The van der Waals surface area contributed by atoms with E-state index in [0.717, 1.165) is 38.5 Å². The normalized spacial score (nSPS) is 40.8. The molecule has 5 rings (SSSR count). The number of rotatable bonds is 9. The first-order valence-electron chi connectivity index (χ1n) is 16.0. The summed E-state index contributed by atoms with van der Waals surface area (Å²) in [6.45, 7) is 4.15.